The van der Waals surface area contributed by atoms with E-state index in [1.807, 2.05) is 31.4 Å². The molecule has 2 aliphatic heterocycles. The van der Waals surface area contributed by atoms with E-state index >= 15 is 0 Å². The van der Waals surface area contributed by atoms with E-state index in [0.29, 0.717) is 6.42 Å². The number of aliphatic hydroxyl groups is 2. The number of benzene rings is 1. The fraction of sp³-hybridized carbons (Fsp3) is 0.567. The second-order valence-corrected chi connectivity index (χ2v) is 13.0. The third kappa shape index (κ3) is 2.74. The molecule has 2 spiro atoms. The standard InChI is InChI=1S/C30H35ClN2O3/c1-27-10-12-29(31)15-22-25(34)26(35)23(33(2)3)16-28(22)11-13-30(29,36-28)24(27)8-7-21(27)19-6-4-5-18-9-14-32-17-20(18)19/h4-7,9,14-15,17,23-26,34-35H,8,10-13,16H2,1-3H3/t23-,24?,25+,26+,27+,28+,29?,30-/m0/s1. The minimum absolute atomic E-state index is 0.0624. The van der Waals surface area contributed by atoms with Gasteiger partial charge in [-0.05, 0) is 86.2 Å². The number of halogens is 1. The summed E-state index contributed by atoms with van der Waals surface area (Å²) in [5, 5.41) is 24.6. The maximum atomic E-state index is 11.2. The number of pyridine rings is 1. The van der Waals surface area contributed by atoms with Crippen LogP contribution in [0.2, 0.25) is 0 Å². The van der Waals surface area contributed by atoms with Gasteiger partial charge in [0.25, 0.3) is 0 Å². The van der Waals surface area contributed by atoms with Crippen LogP contribution >= 0.6 is 11.6 Å². The van der Waals surface area contributed by atoms with Crippen molar-refractivity contribution in [3.8, 4) is 0 Å². The average molecular weight is 507 g/mol. The highest BCUT2D eigenvalue weighted by Gasteiger charge is 2.73. The Morgan fingerprint density at radius 3 is 2.75 bits per heavy atom. The van der Waals surface area contributed by atoms with E-state index in [1.165, 1.54) is 21.9 Å². The van der Waals surface area contributed by atoms with Crippen LogP contribution in [0.1, 0.15) is 51.0 Å². The first-order valence-electron chi connectivity index (χ1n) is 13.3. The highest BCUT2D eigenvalue weighted by atomic mass is 35.5. The maximum Gasteiger partial charge on any atom is 0.105 e. The van der Waals surface area contributed by atoms with Crippen LogP contribution < -0.4 is 0 Å². The van der Waals surface area contributed by atoms with Crippen molar-refractivity contribution in [3.05, 3.63) is 59.9 Å². The van der Waals surface area contributed by atoms with Gasteiger partial charge in [0.2, 0.25) is 0 Å². The lowest BCUT2D eigenvalue weighted by Gasteiger charge is -2.61. The summed E-state index contributed by atoms with van der Waals surface area (Å²) >= 11 is 7.57. The summed E-state index contributed by atoms with van der Waals surface area (Å²) in [6.07, 6.45) is 11.6. The third-order valence-corrected chi connectivity index (χ3v) is 11.2. The van der Waals surface area contributed by atoms with Crippen LogP contribution in [0.5, 0.6) is 0 Å². The van der Waals surface area contributed by atoms with Crippen LogP contribution in [-0.2, 0) is 4.74 Å². The summed E-state index contributed by atoms with van der Waals surface area (Å²) in [7, 11) is 3.93. The highest BCUT2D eigenvalue weighted by Crippen LogP contribution is 2.72. The Morgan fingerprint density at radius 1 is 1.11 bits per heavy atom. The monoisotopic (exact) mass is 506 g/mol. The van der Waals surface area contributed by atoms with Gasteiger partial charge in [-0.3, -0.25) is 4.98 Å². The SMILES string of the molecule is CN(C)[C@H]1C[C@@]23CC[C@]4(O2)C2CC=C(c5cccc6ccncc56)[C@@]2(C)CCC4(Cl)C=C3[C@@H](O)[C@@H]1O. The summed E-state index contributed by atoms with van der Waals surface area (Å²) < 4.78 is 7.29. The predicted molar refractivity (Wildman–Crippen MR) is 142 cm³/mol. The molecular formula is C30H35ClN2O3. The molecule has 190 valence electrons. The van der Waals surface area contributed by atoms with Crippen molar-refractivity contribution in [3.63, 3.8) is 0 Å². The van der Waals surface area contributed by atoms with E-state index in [2.05, 4.69) is 48.3 Å². The second-order valence-electron chi connectivity index (χ2n) is 12.3. The van der Waals surface area contributed by atoms with Gasteiger partial charge in [-0.25, -0.2) is 0 Å². The molecule has 1 aromatic heterocycles. The molecule has 6 heteroatoms. The van der Waals surface area contributed by atoms with Crippen molar-refractivity contribution < 1.29 is 14.9 Å². The zero-order valence-electron chi connectivity index (χ0n) is 21.2. The van der Waals surface area contributed by atoms with E-state index < -0.39 is 28.3 Å². The van der Waals surface area contributed by atoms with Gasteiger partial charge in [0.1, 0.15) is 6.10 Å². The van der Waals surface area contributed by atoms with Crippen molar-refractivity contribution in [1.29, 1.82) is 0 Å². The Kier molecular flexibility index (Phi) is 4.82. The van der Waals surface area contributed by atoms with E-state index in [9.17, 15) is 10.2 Å². The Hall–Kier alpha value is -1.76. The van der Waals surface area contributed by atoms with Gasteiger partial charge in [0.15, 0.2) is 0 Å². The molecule has 2 saturated carbocycles. The number of aromatic nitrogens is 1. The molecule has 36 heavy (non-hydrogen) atoms. The predicted octanol–water partition coefficient (Wildman–Crippen LogP) is 4.70. The molecule has 1 aromatic carbocycles. The highest BCUT2D eigenvalue weighted by molar-refractivity contribution is 6.26. The zero-order valence-corrected chi connectivity index (χ0v) is 22.0. The quantitative estimate of drug-likeness (QED) is 0.456. The number of alkyl halides is 1. The first-order chi connectivity index (χ1) is 17.1. The van der Waals surface area contributed by atoms with Crippen molar-refractivity contribution in [2.75, 3.05) is 14.1 Å². The molecule has 8 atom stereocenters. The van der Waals surface area contributed by atoms with Crippen LogP contribution in [0.25, 0.3) is 16.3 Å². The zero-order chi connectivity index (χ0) is 25.1. The Balaban J connectivity index is 1.33. The molecule has 5 nitrogen and oxygen atoms in total. The smallest absolute Gasteiger partial charge is 0.105 e. The first kappa shape index (κ1) is 23.4. The minimum atomic E-state index is -0.952. The van der Waals surface area contributed by atoms with Crippen LogP contribution in [0.3, 0.4) is 0 Å². The fourth-order valence-corrected chi connectivity index (χ4v) is 9.23. The van der Waals surface area contributed by atoms with Crippen molar-refractivity contribution in [2.24, 2.45) is 11.3 Å². The van der Waals surface area contributed by atoms with Crippen LogP contribution in [0.4, 0.5) is 0 Å². The van der Waals surface area contributed by atoms with Gasteiger partial charge in [0.05, 0.1) is 22.2 Å². The summed E-state index contributed by atoms with van der Waals surface area (Å²) in [5.74, 6) is 0.247. The second kappa shape index (κ2) is 7.42. The van der Waals surface area contributed by atoms with Crippen LogP contribution in [-0.4, -0.2) is 68.5 Å². The van der Waals surface area contributed by atoms with Gasteiger partial charge < -0.3 is 19.8 Å². The average Bonchev–Trinajstić information content (AvgIpc) is 3.39. The van der Waals surface area contributed by atoms with E-state index in [4.69, 9.17) is 16.3 Å². The third-order valence-electron chi connectivity index (χ3n) is 10.6. The largest absolute Gasteiger partial charge is 0.388 e. The van der Waals surface area contributed by atoms with Gasteiger partial charge in [-0.1, -0.05) is 37.3 Å². The van der Waals surface area contributed by atoms with Crippen molar-refractivity contribution in [1.82, 2.24) is 9.88 Å². The molecule has 5 aliphatic rings. The first-order valence-corrected chi connectivity index (χ1v) is 13.7. The summed E-state index contributed by atoms with van der Waals surface area (Å²) in [4.78, 5) is 5.77. The minimum Gasteiger partial charge on any atom is -0.388 e. The summed E-state index contributed by atoms with van der Waals surface area (Å²) in [5.41, 5.74) is 2.36. The van der Waals surface area contributed by atoms with E-state index in [-0.39, 0.29) is 17.4 Å². The number of nitrogens with zero attached hydrogens (tertiary/aromatic N) is 2. The van der Waals surface area contributed by atoms with Gasteiger partial charge >= 0.3 is 0 Å². The topological polar surface area (TPSA) is 65.8 Å². The maximum absolute atomic E-state index is 11.2. The molecule has 2 bridgehead atoms. The van der Waals surface area contributed by atoms with Crippen LogP contribution in [0.15, 0.2) is 54.4 Å². The summed E-state index contributed by atoms with van der Waals surface area (Å²) in [6, 6.07) is 8.46. The normalized spacial score (nSPS) is 45.2. The van der Waals surface area contributed by atoms with Crippen LogP contribution in [0, 0.1) is 11.3 Å². The van der Waals surface area contributed by atoms with Crippen molar-refractivity contribution >= 4 is 27.9 Å². The molecule has 2 unspecified atom stereocenters. The van der Waals surface area contributed by atoms with E-state index in [1.54, 1.807) is 0 Å². The lowest BCUT2D eigenvalue weighted by molar-refractivity contribution is -0.199. The Labute approximate surface area is 217 Å². The number of allylic oxidation sites excluding steroid dienone is 2. The molecule has 7 rings (SSSR count). The Bertz CT molecular complexity index is 1320. The molecule has 1 saturated heterocycles. The fourth-order valence-electron chi connectivity index (χ4n) is 8.75. The lowest BCUT2D eigenvalue weighted by Crippen LogP contribution is -2.68. The number of hydrogen-bond donors (Lipinski definition) is 2. The molecule has 2 aromatic rings. The van der Waals surface area contributed by atoms with Gasteiger partial charge in [-0.15, -0.1) is 11.6 Å². The molecule has 2 N–H and O–H groups in total. The van der Waals surface area contributed by atoms with Crippen molar-refractivity contribution in [2.45, 2.75) is 79.8 Å². The van der Waals surface area contributed by atoms with E-state index in [0.717, 1.165) is 37.7 Å². The summed E-state index contributed by atoms with van der Waals surface area (Å²) in [6.45, 7) is 2.41. The number of hydrogen-bond acceptors (Lipinski definition) is 5. The molecule has 3 heterocycles. The number of likely N-dealkylation sites (N-methyl/N-ethyl adjacent to an activating group) is 1. The number of aliphatic hydroxyl groups excluding tert-OH is 2. The Morgan fingerprint density at radius 2 is 1.94 bits per heavy atom. The lowest BCUT2D eigenvalue weighted by atomic mass is 9.54. The molecule has 0 amide bonds. The molecule has 0 radical (unpaired) electrons. The molecule has 3 fully saturated rings. The van der Waals surface area contributed by atoms with Gasteiger partial charge in [0, 0.05) is 29.7 Å². The number of fused-ring (bicyclic) bond motifs is 2. The number of ether oxygens (including phenoxy) is 1. The molecular weight excluding hydrogens is 472 g/mol. The molecule has 3 aliphatic carbocycles. The number of rotatable bonds is 2. The van der Waals surface area contributed by atoms with Gasteiger partial charge in [-0.2, -0.15) is 0 Å².